The van der Waals surface area contributed by atoms with Crippen molar-refractivity contribution in [2.24, 2.45) is 0 Å². The molecule has 102 valence electrons. The first-order valence-electron chi connectivity index (χ1n) is 6.30. The van der Waals surface area contributed by atoms with Gasteiger partial charge in [0.05, 0.1) is 0 Å². The molecule has 1 heterocycles. The fourth-order valence-corrected chi connectivity index (χ4v) is 2.12. The van der Waals surface area contributed by atoms with Crippen molar-refractivity contribution in [3.8, 4) is 0 Å². The molecular weight excluding hydrogens is 230 g/mol. The summed E-state index contributed by atoms with van der Waals surface area (Å²) >= 11 is 0. The van der Waals surface area contributed by atoms with Crippen molar-refractivity contribution in [1.82, 2.24) is 14.7 Å². The predicted octanol–water partition coefficient (Wildman–Crippen LogP) is 0.183. The first-order chi connectivity index (χ1) is 8.47. The molecule has 1 saturated heterocycles. The summed E-state index contributed by atoms with van der Waals surface area (Å²) in [6.07, 6.45) is 2.92. The van der Waals surface area contributed by atoms with Gasteiger partial charge in [-0.3, -0.25) is 9.59 Å². The Morgan fingerprint density at radius 1 is 1.33 bits per heavy atom. The minimum absolute atomic E-state index is 0.0320. The molecule has 0 aromatic heterocycles. The zero-order valence-corrected chi connectivity index (χ0v) is 11.6. The molecule has 5 heteroatoms. The average Bonchev–Trinajstić information content (AvgIpc) is 2.82. The van der Waals surface area contributed by atoms with Crippen LogP contribution >= 0.6 is 0 Å². The Bertz CT molecular complexity index is 328. The van der Waals surface area contributed by atoms with Gasteiger partial charge in [-0.25, -0.2) is 0 Å². The lowest BCUT2D eigenvalue weighted by molar-refractivity contribution is -0.140. The summed E-state index contributed by atoms with van der Waals surface area (Å²) in [5.74, 6) is -0.114. The van der Waals surface area contributed by atoms with E-state index in [9.17, 15) is 9.59 Å². The minimum atomic E-state index is -0.303. The number of hydrogen-bond donors (Lipinski definition) is 0. The van der Waals surface area contributed by atoms with Crippen LogP contribution in [0.2, 0.25) is 0 Å². The zero-order chi connectivity index (χ0) is 13.7. The van der Waals surface area contributed by atoms with Crippen molar-refractivity contribution in [1.29, 1.82) is 0 Å². The maximum Gasteiger partial charge on any atom is 0.246 e. The maximum atomic E-state index is 12.3. The number of likely N-dealkylation sites (N-methyl/N-ethyl adjacent to an activating group) is 2. The van der Waals surface area contributed by atoms with E-state index < -0.39 is 0 Å². The van der Waals surface area contributed by atoms with Crippen molar-refractivity contribution in [3.63, 3.8) is 0 Å². The summed E-state index contributed by atoms with van der Waals surface area (Å²) in [6.45, 7) is 5.64. The number of carbonyl (C=O) groups is 2. The monoisotopic (exact) mass is 253 g/mol. The quantitative estimate of drug-likeness (QED) is 0.657. The van der Waals surface area contributed by atoms with Crippen molar-refractivity contribution >= 4 is 11.8 Å². The zero-order valence-electron chi connectivity index (χ0n) is 11.6. The Hall–Kier alpha value is -1.36. The standard InChI is InChI=1S/C13H23N3O2/c1-5-12(17)16-8-6-7-11(16)13(18)15(4)10-9-14(2)3/h5,11H,1,6-10H2,2-4H3. The Morgan fingerprint density at radius 2 is 2.00 bits per heavy atom. The van der Waals surface area contributed by atoms with Gasteiger partial charge in [0.2, 0.25) is 11.8 Å². The van der Waals surface area contributed by atoms with Gasteiger partial charge in [0.25, 0.3) is 0 Å². The molecule has 5 nitrogen and oxygen atoms in total. The van der Waals surface area contributed by atoms with E-state index in [1.165, 1.54) is 6.08 Å². The molecule has 1 unspecified atom stereocenters. The third-order valence-electron chi connectivity index (χ3n) is 3.25. The number of nitrogens with zero attached hydrogens (tertiary/aromatic N) is 3. The Kier molecular flexibility index (Phi) is 5.34. The number of amides is 2. The second kappa shape index (κ2) is 6.54. The lowest BCUT2D eigenvalue weighted by atomic mass is 10.2. The molecule has 0 aliphatic carbocycles. The molecule has 0 aromatic carbocycles. The normalized spacial score (nSPS) is 19.1. The highest BCUT2D eigenvalue weighted by Crippen LogP contribution is 2.19. The molecule has 1 aliphatic rings. The molecule has 1 rings (SSSR count). The van der Waals surface area contributed by atoms with Crippen LogP contribution in [0, 0.1) is 0 Å². The molecular formula is C13H23N3O2. The molecule has 1 atom stereocenters. The summed E-state index contributed by atoms with van der Waals surface area (Å²) in [6, 6.07) is -0.303. The smallest absolute Gasteiger partial charge is 0.246 e. The highest BCUT2D eigenvalue weighted by Gasteiger charge is 2.34. The van der Waals surface area contributed by atoms with E-state index in [1.54, 1.807) is 16.8 Å². The fraction of sp³-hybridized carbons (Fsp3) is 0.692. The van der Waals surface area contributed by atoms with Crippen LogP contribution in [0.5, 0.6) is 0 Å². The molecule has 18 heavy (non-hydrogen) atoms. The van der Waals surface area contributed by atoms with Crippen LogP contribution < -0.4 is 0 Å². The van der Waals surface area contributed by atoms with Crippen LogP contribution in [0.3, 0.4) is 0 Å². The molecule has 2 amide bonds. The van der Waals surface area contributed by atoms with Gasteiger partial charge in [0, 0.05) is 26.7 Å². The van der Waals surface area contributed by atoms with Crippen LogP contribution in [0.1, 0.15) is 12.8 Å². The topological polar surface area (TPSA) is 43.9 Å². The third-order valence-corrected chi connectivity index (χ3v) is 3.25. The van der Waals surface area contributed by atoms with Crippen LogP contribution in [0.15, 0.2) is 12.7 Å². The summed E-state index contributed by atoms with van der Waals surface area (Å²) < 4.78 is 0. The second-order valence-corrected chi connectivity index (χ2v) is 4.96. The van der Waals surface area contributed by atoms with Gasteiger partial charge >= 0.3 is 0 Å². The Balaban J connectivity index is 2.59. The first kappa shape index (κ1) is 14.7. The molecule has 0 saturated carbocycles. The minimum Gasteiger partial charge on any atom is -0.343 e. The number of hydrogen-bond acceptors (Lipinski definition) is 3. The number of rotatable bonds is 5. The van der Waals surface area contributed by atoms with E-state index in [-0.39, 0.29) is 17.9 Å². The largest absolute Gasteiger partial charge is 0.343 e. The number of likely N-dealkylation sites (tertiary alicyclic amines) is 1. The van der Waals surface area contributed by atoms with Gasteiger partial charge < -0.3 is 14.7 Å². The van der Waals surface area contributed by atoms with Gasteiger partial charge in [0.15, 0.2) is 0 Å². The molecule has 0 bridgehead atoms. The van der Waals surface area contributed by atoms with Crippen molar-refractivity contribution in [2.75, 3.05) is 40.8 Å². The highest BCUT2D eigenvalue weighted by molar-refractivity contribution is 5.93. The lowest BCUT2D eigenvalue weighted by Gasteiger charge is -2.28. The summed E-state index contributed by atoms with van der Waals surface area (Å²) in [5.41, 5.74) is 0. The van der Waals surface area contributed by atoms with Crippen LogP contribution in [-0.4, -0.2) is 73.3 Å². The van der Waals surface area contributed by atoms with E-state index in [0.29, 0.717) is 13.1 Å². The van der Waals surface area contributed by atoms with Crippen LogP contribution in [0.25, 0.3) is 0 Å². The SMILES string of the molecule is C=CC(=O)N1CCCC1C(=O)N(C)CCN(C)C. The van der Waals surface area contributed by atoms with Gasteiger partial charge in [-0.2, -0.15) is 0 Å². The predicted molar refractivity (Wildman–Crippen MR) is 71.1 cm³/mol. The Labute approximate surface area is 109 Å². The van der Waals surface area contributed by atoms with Crippen LogP contribution in [0.4, 0.5) is 0 Å². The van der Waals surface area contributed by atoms with Gasteiger partial charge in [-0.1, -0.05) is 6.58 Å². The van der Waals surface area contributed by atoms with Crippen molar-refractivity contribution in [3.05, 3.63) is 12.7 Å². The van der Waals surface area contributed by atoms with E-state index >= 15 is 0 Å². The first-order valence-corrected chi connectivity index (χ1v) is 6.30. The molecule has 0 radical (unpaired) electrons. The third kappa shape index (κ3) is 3.57. The van der Waals surface area contributed by atoms with E-state index in [1.807, 2.05) is 19.0 Å². The fourth-order valence-electron chi connectivity index (χ4n) is 2.12. The van der Waals surface area contributed by atoms with Gasteiger partial charge in [0.1, 0.15) is 6.04 Å². The molecule has 1 fully saturated rings. The average molecular weight is 253 g/mol. The molecule has 0 aromatic rings. The van der Waals surface area contributed by atoms with Crippen molar-refractivity contribution < 1.29 is 9.59 Å². The van der Waals surface area contributed by atoms with Gasteiger partial charge in [-0.15, -0.1) is 0 Å². The maximum absolute atomic E-state index is 12.3. The molecule has 0 spiro atoms. The summed E-state index contributed by atoms with van der Waals surface area (Å²) in [5, 5.41) is 0. The van der Waals surface area contributed by atoms with Crippen LogP contribution in [-0.2, 0) is 9.59 Å². The lowest BCUT2D eigenvalue weighted by Crippen LogP contribution is -2.47. The van der Waals surface area contributed by atoms with Gasteiger partial charge in [-0.05, 0) is 33.0 Å². The molecule has 0 N–H and O–H groups in total. The highest BCUT2D eigenvalue weighted by atomic mass is 16.2. The summed E-state index contributed by atoms with van der Waals surface area (Å²) in [7, 11) is 5.74. The van der Waals surface area contributed by atoms with Crippen molar-refractivity contribution in [2.45, 2.75) is 18.9 Å². The van der Waals surface area contributed by atoms with E-state index in [2.05, 4.69) is 6.58 Å². The molecule has 1 aliphatic heterocycles. The Morgan fingerprint density at radius 3 is 2.56 bits per heavy atom. The van der Waals surface area contributed by atoms with E-state index in [4.69, 9.17) is 0 Å². The van der Waals surface area contributed by atoms with E-state index in [0.717, 1.165) is 19.4 Å². The summed E-state index contributed by atoms with van der Waals surface area (Å²) in [4.78, 5) is 29.3. The number of carbonyl (C=O) groups excluding carboxylic acids is 2. The second-order valence-electron chi connectivity index (χ2n) is 4.96.